The van der Waals surface area contributed by atoms with Crippen LogP contribution in [0.2, 0.25) is 0 Å². The molecule has 1 saturated heterocycles. The fraction of sp³-hybridized carbons (Fsp3) is 0.292. The van der Waals surface area contributed by atoms with Crippen molar-refractivity contribution in [1.29, 1.82) is 5.26 Å². The van der Waals surface area contributed by atoms with Gasteiger partial charge in [-0.05, 0) is 69.6 Å². The maximum Gasteiger partial charge on any atom is 0.420 e. The first-order valence-electron chi connectivity index (χ1n) is 10.8. The number of hydrogen-bond acceptors (Lipinski definition) is 6. The molecule has 12 heteroatoms. The van der Waals surface area contributed by atoms with E-state index < -0.39 is 40.3 Å². The van der Waals surface area contributed by atoms with E-state index in [2.05, 4.69) is 9.97 Å². The minimum atomic E-state index is -5.13. The van der Waals surface area contributed by atoms with Crippen molar-refractivity contribution in [3.05, 3.63) is 69.7 Å². The van der Waals surface area contributed by atoms with Gasteiger partial charge in [0, 0.05) is 17.3 Å². The van der Waals surface area contributed by atoms with Gasteiger partial charge in [0.1, 0.15) is 11.1 Å². The van der Waals surface area contributed by atoms with Gasteiger partial charge in [-0.1, -0.05) is 0 Å². The van der Waals surface area contributed by atoms with Gasteiger partial charge in [0.15, 0.2) is 10.9 Å². The van der Waals surface area contributed by atoms with Crippen molar-refractivity contribution in [1.82, 2.24) is 9.97 Å². The Hall–Kier alpha value is -3.43. The number of pyridine rings is 1. The third-order valence-electron chi connectivity index (χ3n) is 5.81. The monoisotopic (exact) mass is 533 g/mol. The molecule has 186 valence electrons. The molecule has 1 aromatic carbocycles. The summed E-state index contributed by atoms with van der Waals surface area (Å²) in [4.78, 5) is 24.1. The molecule has 0 unspecified atom stereocenters. The quantitative estimate of drug-likeness (QED) is 0.301. The molecule has 1 fully saturated rings. The SMILES string of the molecule is CC1(C)C(=O)N(c2ccc(C#N)c(C(F)(F)F)c2F)C(=S)N1c1ccc(CCCc2nccs2)nc1. The van der Waals surface area contributed by atoms with Crippen LogP contribution in [0.15, 0.2) is 42.0 Å². The number of carbonyl (C=O) groups is 1. The van der Waals surface area contributed by atoms with E-state index in [9.17, 15) is 18.0 Å². The molecule has 0 radical (unpaired) electrons. The third-order valence-corrected chi connectivity index (χ3v) is 7.01. The van der Waals surface area contributed by atoms with E-state index in [1.165, 1.54) is 31.0 Å². The summed E-state index contributed by atoms with van der Waals surface area (Å²) >= 11 is 7.03. The molecule has 6 nitrogen and oxygen atoms in total. The molecule has 4 rings (SSSR count). The number of thiazole rings is 1. The topological polar surface area (TPSA) is 73.1 Å². The summed E-state index contributed by atoms with van der Waals surface area (Å²) in [7, 11) is 0. The predicted molar refractivity (Wildman–Crippen MR) is 131 cm³/mol. The van der Waals surface area contributed by atoms with Crippen LogP contribution in [0.5, 0.6) is 0 Å². The van der Waals surface area contributed by atoms with Gasteiger partial charge in [0.2, 0.25) is 0 Å². The van der Waals surface area contributed by atoms with Gasteiger partial charge >= 0.3 is 6.18 Å². The van der Waals surface area contributed by atoms with Gasteiger partial charge in [-0.3, -0.25) is 14.7 Å². The average Bonchev–Trinajstić information content (AvgIpc) is 3.39. The molecule has 1 aliphatic heterocycles. The summed E-state index contributed by atoms with van der Waals surface area (Å²) in [5.74, 6) is -2.44. The van der Waals surface area contributed by atoms with Gasteiger partial charge < -0.3 is 4.90 Å². The number of carbonyl (C=O) groups excluding carboxylic acids is 1. The number of aryl methyl sites for hydroxylation is 2. The van der Waals surface area contributed by atoms with Crippen molar-refractivity contribution < 1.29 is 22.4 Å². The third kappa shape index (κ3) is 4.56. The van der Waals surface area contributed by atoms with Crippen molar-refractivity contribution >= 4 is 45.9 Å². The maximum absolute atomic E-state index is 15.1. The Bertz CT molecular complexity index is 1350. The van der Waals surface area contributed by atoms with Crippen molar-refractivity contribution in [3.8, 4) is 6.07 Å². The number of benzene rings is 1. The Morgan fingerprint density at radius 3 is 2.50 bits per heavy atom. The molecule has 0 saturated carbocycles. The smallest absolute Gasteiger partial charge is 0.302 e. The van der Waals surface area contributed by atoms with Crippen LogP contribution in [-0.2, 0) is 23.8 Å². The number of anilines is 2. The molecular formula is C24H19F4N5OS2. The zero-order valence-corrected chi connectivity index (χ0v) is 20.8. The number of aromatic nitrogens is 2. The number of hydrogen-bond donors (Lipinski definition) is 0. The first kappa shape index (κ1) is 25.7. The Balaban J connectivity index is 1.62. The van der Waals surface area contributed by atoms with E-state index in [1.54, 1.807) is 29.7 Å². The van der Waals surface area contributed by atoms with Gasteiger partial charge in [-0.15, -0.1) is 11.3 Å². The maximum atomic E-state index is 15.1. The second-order valence-electron chi connectivity index (χ2n) is 8.54. The Labute approximate surface area is 213 Å². The number of thiocarbonyl (C=S) groups is 1. The van der Waals surface area contributed by atoms with Crippen molar-refractivity contribution in [2.45, 2.75) is 44.8 Å². The van der Waals surface area contributed by atoms with Crippen LogP contribution in [-0.4, -0.2) is 26.5 Å². The molecule has 0 spiro atoms. The molecule has 3 aromatic rings. The van der Waals surface area contributed by atoms with Crippen LogP contribution in [0.3, 0.4) is 0 Å². The number of nitriles is 1. The molecule has 0 N–H and O–H groups in total. The van der Waals surface area contributed by atoms with E-state index in [0.717, 1.165) is 40.6 Å². The van der Waals surface area contributed by atoms with E-state index in [4.69, 9.17) is 17.5 Å². The summed E-state index contributed by atoms with van der Waals surface area (Å²) in [5.41, 5.74) is -3.36. The lowest BCUT2D eigenvalue weighted by Crippen LogP contribution is -2.44. The predicted octanol–water partition coefficient (Wildman–Crippen LogP) is 5.66. The Morgan fingerprint density at radius 2 is 1.92 bits per heavy atom. The number of halogens is 4. The first-order chi connectivity index (χ1) is 17.0. The lowest BCUT2D eigenvalue weighted by molar-refractivity contribution is -0.140. The van der Waals surface area contributed by atoms with E-state index in [-0.39, 0.29) is 5.11 Å². The van der Waals surface area contributed by atoms with Gasteiger partial charge in [0.25, 0.3) is 5.91 Å². The van der Waals surface area contributed by atoms with E-state index in [0.29, 0.717) is 12.1 Å². The van der Waals surface area contributed by atoms with Crippen LogP contribution in [0, 0.1) is 17.1 Å². The van der Waals surface area contributed by atoms with Crippen molar-refractivity contribution in [3.63, 3.8) is 0 Å². The number of alkyl halides is 3. The largest absolute Gasteiger partial charge is 0.420 e. The molecule has 0 atom stereocenters. The molecular weight excluding hydrogens is 514 g/mol. The van der Waals surface area contributed by atoms with Crippen LogP contribution in [0.4, 0.5) is 28.9 Å². The van der Waals surface area contributed by atoms with Crippen LogP contribution < -0.4 is 9.80 Å². The minimum absolute atomic E-state index is 0.194. The number of nitrogens with zero attached hydrogens (tertiary/aromatic N) is 5. The molecule has 36 heavy (non-hydrogen) atoms. The lowest BCUT2D eigenvalue weighted by Gasteiger charge is -2.29. The number of amides is 1. The highest BCUT2D eigenvalue weighted by molar-refractivity contribution is 7.81. The zero-order valence-electron chi connectivity index (χ0n) is 19.1. The van der Waals surface area contributed by atoms with Crippen LogP contribution in [0.25, 0.3) is 0 Å². The Kier molecular flexibility index (Phi) is 6.81. The standard InChI is InChI=1S/C24H19F4N5OS2/c1-23(2)21(34)32(17-9-6-14(12-29)19(20(17)25)24(26,27)28)22(35)33(23)16-8-7-15(31-13-16)4-3-5-18-30-10-11-36-18/h6-11,13H,3-5H2,1-2H3. The molecule has 0 bridgehead atoms. The normalized spacial score (nSPS) is 15.5. The molecule has 0 aliphatic carbocycles. The summed E-state index contributed by atoms with van der Waals surface area (Å²) in [5, 5.41) is 11.8. The highest BCUT2D eigenvalue weighted by atomic mass is 32.1. The minimum Gasteiger partial charge on any atom is -0.302 e. The first-order valence-corrected chi connectivity index (χ1v) is 12.1. The molecule has 3 heterocycles. The second-order valence-corrected chi connectivity index (χ2v) is 9.88. The fourth-order valence-corrected chi connectivity index (χ4v) is 5.22. The van der Waals surface area contributed by atoms with Crippen molar-refractivity contribution in [2.24, 2.45) is 0 Å². The van der Waals surface area contributed by atoms with Gasteiger partial charge in [-0.2, -0.15) is 18.4 Å². The highest BCUT2D eigenvalue weighted by Crippen LogP contribution is 2.41. The summed E-state index contributed by atoms with van der Waals surface area (Å²) in [6.45, 7) is 3.07. The second kappa shape index (κ2) is 9.55. The summed E-state index contributed by atoms with van der Waals surface area (Å²) in [6, 6.07) is 6.63. The zero-order chi connectivity index (χ0) is 26.3. The molecule has 1 amide bonds. The Morgan fingerprint density at radius 1 is 1.17 bits per heavy atom. The van der Waals surface area contributed by atoms with E-state index >= 15 is 4.39 Å². The van der Waals surface area contributed by atoms with Gasteiger partial charge in [0.05, 0.1) is 34.2 Å². The van der Waals surface area contributed by atoms with Gasteiger partial charge in [-0.25, -0.2) is 9.37 Å². The summed E-state index contributed by atoms with van der Waals surface area (Å²) in [6.07, 6.45) is 0.522. The van der Waals surface area contributed by atoms with E-state index in [1.807, 2.05) is 5.38 Å². The van der Waals surface area contributed by atoms with Crippen molar-refractivity contribution in [2.75, 3.05) is 9.80 Å². The molecule has 1 aliphatic rings. The summed E-state index contributed by atoms with van der Waals surface area (Å²) < 4.78 is 55.6. The van der Waals surface area contributed by atoms with Crippen LogP contribution >= 0.6 is 23.6 Å². The number of rotatable bonds is 6. The highest BCUT2D eigenvalue weighted by Gasteiger charge is 2.52. The average molecular weight is 534 g/mol. The lowest BCUT2D eigenvalue weighted by atomic mass is 10.0. The van der Waals surface area contributed by atoms with Crippen LogP contribution in [0.1, 0.15) is 42.1 Å². The molecule has 2 aromatic heterocycles. The fourth-order valence-electron chi connectivity index (χ4n) is 4.04.